The van der Waals surface area contributed by atoms with E-state index in [2.05, 4.69) is 0 Å². The molecule has 7 heavy (non-hydrogen) atoms. The topological polar surface area (TPSA) is 57.5 Å². The Balaban J connectivity index is -0.0000000150. The van der Waals surface area contributed by atoms with Crippen molar-refractivity contribution in [2.45, 2.75) is 0 Å². The van der Waals surface area contributed by atoms with Crippen molar-refractivity contribution in [3.63, 3.8) is 0 Å². The van der Waals surface area contributed by atoms with Gasteiger partial charge in [-0.15, -0.1) is 0 Å². The quantitative estimate of drug-likeness (QED) is 0.316. The molecule has 0 saturated heterocycles. The van der Waals surface area contributed by atoms with Crippen LogP contribution in [-0.4, -0.2) is 77.6 Å². The summed E-state index contributed by atoms with van der Waals surface area (Å²) >= 11 is -3.61. The molecule has 0 unspecified atom stereocenters. The van der Waals surface area contributed by atoms with Crippen LogP contribution in [0.1, 0.15) is 0 Å². The molecule has 0 aromatic carbocycles. The Hall–Kier alpha value is 2.94. The van der Waals surface area contributed by atoms with Crippen LogP contribution in [0.3, 0.4) is 0 Å². The van der Waals surface area contributed by atoms with Crippen LogP contribution in [0.2, 0.25) is 0 Å². The first-order valence-electron chi connectivity index (χ1n) is 0.532. The minimum absolute atomic E-state index is 0. The molecule has 0 atom stereocenters. The third-order valence-corrected chi connectivity index (χ3v) is 0. The summed E-state index contributed by atoms with van der Waals surface area (Å²) in [6.07, 6.45) is 0. The van der Waals surface area contributed by atoms with Gasteiger partial charge >= 0.3 is 80.7 Å². The van der Waals surface area contributed by atoms with Gasteiger partial charge in [-0.2, -0.15) is 0 Å². The van der Waals surface area contributed by atoms with Gasteiger partial charge in [0.25, 0.3) is 0 Å². The van der Waals surface area contributed by atoms with Crippen molar-refractivity contribution < 1.29 is 32.4 Å². The van der Waals surface area contributed by atoms with Crippen LogP contribution in [0.25, 0.3) is 0 Å². The minimum atomic E-state index is -3.61. The van der Waals surface area contributed by atoms with Crippen molar-refractivity contribution in [3.05, 3.63) is 0 Å². The molecular formula is H8AgInO3SbTe. The molecule has 0 spiro atoms. The molecule has 0 rings (SSSR count). The molecule has 0 bridgehead atoms. The van der Waals surface area contributed by atoms with Gasteiger partial charge in [-0.25, -0.2) is 0 Å². The molecule has 0 aliphatic rings. The van der Waals surface area contributed by atoms with Gasteiger partial charge in [0.2, 0.25) is 0 Å². The van der Waals surface area contributed by atoms with Crippen molar-refractivity contribution in [1.29, 1.82) is 0 Å². The van der Waals surface area contributed by atoms with Crippen molar-refractivity contribution >= 4 is 70.6 Å². The monoisotopic (exact) mass is 529 g/mol. The fourth-order valence-electron chi connectivity index (χ4n) is 0. The molecule has 0 saturated carbocycles. The zero-order valence-electron chi connectivity index (χ0n) is 2.72. The summed E-state index contributed by atoms with van der Waals surface area (Å²) in [5.41, 5.74) is 0. The third-order valence-electron chi connectivity index (χ3n) is 0. The van der Waals surface area contributed by atoms with Crippen molar-refractivity contribution in [1.82, 2.24) is 0 Å². The van der Waals surface area contributed by atoms with Gasteiger partial charge in [0, 0.05) is 22.4 Å². The second kappa shape index (κ2) is 16.0. The molecule has 0 aliphatic heterocycles. The Morgan fingerprint density at radius 3 is 1.29 bits per heavy atom. The van der Waals surface area contributed by atoms with Gasteiger partial charge in [0.15, 0.2) is 0 Å². The fraction of sp³-hybridized carbons (Fsp3) is 0. The first-order valence-corrected chi connectivity index (χ1v) is 3.57. The molecule has 2 N–H and O–H groups in total. The average Bonchev–Trinajstić information content (AvgIpc) is 0.811. The van der Waals surface area contributed by atoms with Crippen LogP contribution >= 0.6 is 0 Å². The van der Waals surface area contributed by atoms with E-state index < -0.39 is 20.4 Å². The zero-order chi connectivity index (χ0) is 3.58. The van der Waals surface area contributed by atoms with Crippen molar-refractivity contribution in [2.24, 2.45) is 0 Å². The van der Waals surface area contributed by atoms with E-state index in [0.29, 0.717) is 0 Å². The molecule has 0 aliphatic carbocycles. The van der Waals surface area contributed by atoms with Gasteiger partial charge in [0.1, 0.15) is 0 Å². The van der Waals surface area contributed by atoms with Crippen LogP contribution in [0.5, 0.6) is 0 Å². The molecule has 0 aromatic heterocycles. The van der Waals surface area contributed by atoms with E-state index in [-0.39, 0.29) is 72.7 Å². The molecule has 0 heterocycles. The molecule has 1 radical (unpaired) electrons. The molecule has 0 aromatic rings. The summed E-state index contributed by atoms with van der Waals surface area (Å²) in [7, 11) is 0. The van der Waals surface area contributed by atoms with Gasteiger partial charge < -0.3 is 0 Å². The van der Waals surface area contributed by atoms with Crippen molar-refractivity contribution in [2.75, 3.05) is 0 Å². The Kier molecular flexibility index (Phi) is 51.4. The predicted octanol–water partition coefficient (Wildman–Crippen LogP) is -3.98. The number of rotatable bonds is 0. The molecule has 0 fully saturated rings. The predicted molar refractivity (Wildman–Crippen MR) is 30.8 cm³/mol. The standard InChI is InChI=1S/Ag.In.H2O3Te.Sb.6H/c;;1-4(2)3;;;;;;;/h;;(H2,1,2,3);;;;;;;. The molecule has 0 amide bonds. The van der Waals surface area contributed by atoms with Crippen LogP contribution in [0.4, 0.5) is 0 Å². The Bertz CT molecular complexity index is 37.9. The zero-order valence-corrected chi connectivity index (χ0v) is 10.6. The van der Waals surface area contributed by atoms with Crippen molar-refractivity contribution in [3.8, 4) is 0 Å². The third kappa shape index (κ3) is 49.8. The van der Waals surface area contributed by atoms with E-state index in [9.17, 15) is 0 Å². The summed E-state index contributed by atoms with van der Waals surface area (Å²) < 4.78 is 23.3. The summed E-state index contributed by atoms with van der Waals surface area (Å²) in [6, 6.07) is 0. The van der Waals surface area contributed by atoms with E-state index in [4.69, 9.17) is 10.0 Å². The Labute approximate surface area is 101 Å². The molecular weight excluding hydrogens is 520 g/mol. The van der Waals surface area contributed by atoms with Crippen LogP contribution in [-0.2, 0) is 25.5 Å². The van der Waals surface area contributed by atoms with E-state index in [1.165, 1.54) is 0 Å². The summed E-state index contributed by atoms with van der Waals surface area (Å²) in [5, 5.41) is 0. The molecule has 3 nitrogen and oxygen atoms in total. The van der Waals surface area contributed by atoms with Gasteiger partial charge in [0.05, 0.1) is 0 Å². The van der Waals surface area contributed by atoms with Crippen LogP contribution in [0.15, 0.2) is 0 Å². The number of hydrogen-bond donors (Lipinski definition) is 2. The Morgan fingerprint density at radius 2 is 1.29 bits per heavy atom. The second-order valence-electron chi connectivity index (χ2n) is 0.231. The number of hydrogen-bond acceptors (Lipinski definition) is 1. The normalized spacial score (nSPS) is 5.00. The molecule has 51 valence electrons. The van der Waals surface area contributed by atoms with Gasteiger partial charge in [-0.3, -0.25) is 0 Å². The SMILES string of the molecule is O=[Te](O)O.[Ag].[InH3].[SbH3]. The van der Waals surface area contributed by atoms with Crippen LogP contribution in [0, 0.1) is 0 Å². The van der Waals surface area contributed by atoms with Gasteiger partial charge in [-0.1, -0.05) is 0 Å². The summed E-state index contributed by atoms with van der Waals surface area (Å²) in [4.78, 5) is 0. The molecule has 7 heteroatoms. The fourth-order valence-corrected chi connectivity index (χ4v) is 0. The second-order valence-corrected chi connectivity index (χ2v) is 1.55. The van der Waals surface area contributed by atoms with Gasteiger partial charge in [-0.05, 0) is 0 Å². The van der Waals surface area contributed by atoms with E-state index in [1.807, 2.05) is 0 Å². The van der Waals surface area contributed by atoms with E-state index in [1.54, 1.807) is 0 Å². The maximum absolute atomic E-state index is 8.81. The average molecular weight is 528 g/mol. The van der Waals surface area contributed by atoms with Crippen LogP contribution < -0.4 is 0 Å². The van der Waals surface area contributed by atoms with E-state index in [0.717, 1.165) is 0 Å². The van der Waals surface area contributed by atoms with E-state index >= 15 is 0 Å². The maximum atomic E-state index is 8.81. The summed E-state index contributed by atoms with van der Waals surface area (Å²) in [5.74, 6) is 0. The summed E-state index contributed by atoms with van der Waals surface area (Å²) in [6.45, 7) is 0. The Morgan fingerprint density at radius 1 is 1.29 bits per heavy atom. The first-order chi connectivity index (χ1) is 1.73. The first kappa shape index (κ1) is 22.5.